The van der Waals surface area contributed by atoms with E-state index in [9.17, 15) is 10.2 Å². The topological polar surface area (TPSA) is 53.4 Å². The molecule has 0 aliphatic carbocycles. The fourth-order valence-electron chi connectivity index (χ4n) is 12.1. The van der Waals surface area contributed by atoms with Crippen molar-refractivity contribution >= 4 is 22.7 Å². The van der Waals surface area contributed by atoms with Crippen LogP contribution in [0, 0.1) is 54.9 Å². The van der Waals surface area contributed by atoms with Gasteiger partial charge in [0, 0.05) is 89.8 Å². The zero-order valence-electron chi connectivity index (χ0n) is 45.7. The summed E-state index contributed by atoms with van der Waals surface area (Å²) in [6.07, 6.45) is 0. The summed E-state index contributed by atoms with van der Waals surface area (Å²) in [6, 6.07) is 83.4. The fourth-order valence-corrected chi connectivity index (χ4v) is 12.1. The molecule has 2 aliphatic heterocycles. The smallest absolute Gasteiger partial charge is 0.210 e. The van der Waals surface area contributed by atoms with Gasteiger partial charge in [-0.05, 0) is 110 Å². The van der Waals surface area contributed by atoms with Gasteiger partial charge in [-0.15, -0.1) is 0 Å². The molecule has 0 aromatic heterocycles. The van der Waals surface area contributed by atoms with Gasteiger partial charge in [-0.1, -0.05) is 230 Å². The van der Waals surface area contributed by atoms with Crippen LogP contribution in [0.4, 0.5) is 22.7 Å². The molecule has 406 valence electrons. The number of benzene rings is 10. The third-order valence-electron chi connectivity index (χ3n) is 15.2. The van der Waals surface area contributed by atoms with Crippen LogP contribution in [0.5, 0.6) is 11.5 Å². The van der Waals surface area contributed by atoms with E-state index in [-0.39, 0.29) is 80.4 Å². The molecule has 8 heteroatoms. The van der Waals surface area contributed by atoms with Gasteiger partial charge in [0.05, 0.1) is 24.2 Å². The number of phenols is 2. The Bertz CT molecular complexity index is 3400. The predicted molar refractivity (Wildman–Crippen MR) is 322 cm³/mol. The Labute approximate surface area is 504 Å². The predicted octanol–water partition coefficient (Wildman–Crippen LogP) is 17.6. The number of hydrogen-bond donors (Lipinski definition) is 2. The summed E-state index contributed by atoms with van der Waals surface area (Å²) in [5.41, 5.74) is 20.2. The maximum atomic E-state index is 10.8. The van der Waals surface area contributed by atoms with Crippen molar-refractivity contribution < 1.29 is 55.0 Å². The molecular weight excluding hydrogens is 1170 g/mol. The zero-order chi connectivity index (χ0) is 53.9. The average molecular weight is 1230 g/mol. The van der Waals surface area contributed by atoms with Crippen LogP contribution in [0.2, 0.25) is 0 Å². The first-order valence-electron chi connectivity index (χ1n) is 26.9. The monoisotopic (exact) mass is 1230 g/mol. The van der Waals surface area contributed by atoms with Crippen molar-refractivity contribution in [2.75, 3.05) is 19.6 Å². The maximum absolute atomic E-state index is 10.8. The third kappa shape index (κ3) is 11.4. The number of phenolic OH excluding ortho intramolecular Hbond substituents is 2. The van der Waals surface area contributed by atoms with Crippen LogP contribution in [0.1, 0.15) is 79.8 Å². The summed E-state index contributed by atoms with van der Waals surface area (Å²) in [6.45, 7) is 20.7. The Balaban J connectivity index is 0.000000189. The molecule has 80 heavy (non-hydrogen) atoms. The van der Waals surface area contributed by atoms with Crippen molar-refractivity contribution in [2.45, 2.75) is 65.7 Å². The van der Waals surface area contributed by atoms with Crippen LogP contribution < -0.4 is 19.6 Å². The molecule has 6 radical (unpaired) electrons. The Morgan fingerprint density at radius 2 is 0.525 bits per heavy atom. The Kier molecular flexibility index (Phi) is 18.1. The molecule has 10 aromatic carbocycles. The van der Waals surface area contributed by atoms with E-state index in [1.54, 1.807) is 12.1 Å². The summed E-state index contributed by atoms with van der Waals surface area (Å²) in [5.74, 6) is 0.532. The summed E-state index contributed by atoms with van der Waals surface area (Å²) in [5, 5.41) is 21.6. The minimum Gasteiger partial charge on any atom is -0.507 e. The second kappa shape index (κ2) is 25.3. The van der Waals surface area contributed by atoms with E-state index in [0.717, 1.165) is 33.6 Å². The molecule has 12 rings (SSSR count). The van der Waals surface area contributed by atoms with Gasteiger partial charge in [0.1, 0.15) is 11.5 Å². The number of nitrogens with zero attached hydrogens (tertiary/aromatic N) is 4. The molecule has 2 aliphatic rings. The van der Waals surface area contributed by atoms with E-state index in [4.69, 9.17) is 0 Å². The van der Waals surface area contributed by atoms with Crippen LogP contribution in [-0.4, -0.2) is 10.2 Å². The first-order chi connectivity index (χ1) is 38.0. The van der Waals surface area contributed by atoms with Gasteiger partial charge in [0.25, 0.3) is 0 Å². The number of hydrogen-bond acceptors (Lipinski definition) is 6. The quantitative estimate of drug-likeness (QED) is 0.133. The van der Waals surface area contributed by atoms with E-state index in [2.05, 4.69) is 256 Å². The minimum absolute atomic E-state index is 0. The number of aryl methyl sites for hydroxylation is 6. The van der Waals surface area contributed by atoms with E-state index in [1.165, 1.54) is 67.0 Å². The van der Waals surface area contributed by atoms with Gasteiger partial charge >= 0.3 is 0 Å². The molecule has 2 N–H and O–H groups in total. The van der Waals surface area contributed by atoms with Crippen molar-refractivity contribution in [3.63, 3.8) is 0 Å². The first kappa shape index (κ1) is 57.2. The summed E-state index contributed by atoms with van der Waals surface area (Å²) in [7, 11) is 0. The number of anilines is 4. The molecule has 0 amide bonds. The fraction of sp³-hybridized carbons (Fsp3) is 0.139. The van der Waals surface area contributed by atoms with Crippen LogP contribution in [0.3, 0.4) is 0 Å². The van der Waals surface area contributed by atoms with E-state index in [1.807, 2.05) is 48.5 Å². The Morgan fingerprint density at radius 3 is 0.812 bits per heavy atom. The van der Waals surface area contributed by atoms with Gasteiger partial charge in [-0.2, -0.15) is 0 Å². The van der Waals surface area contributed by atoms with Crippen LogP contribution in [0.15, 0.2) is 243 Å². The van der Waals surface area contributed by atoms with Crippen molar-refractivity contribution in [3.05, 3.63) is 312 Å². The molecule has 2 saturated heterocycles. The first-order valence-corrected chi connectivity index (χ1v) is 26.9. The van der Waals surface area contributed by atoms with Gasteiger partial charge in [-0.3, -0.25) is 0 Å². The molecule has 4 atom stereocenters. The van der Waals surface area contributed by atoms with Crippen molar-refractivity contribution in [2.24, 2.45) is 0 Å². The molecule has 0 unspecified atom stereocenters. The van der Waals surface area contributed by atoms with E-state index in [0.29, 0.717) is 0 Å². The third-order valence-corrected chi connectivity index (χ3v) is 15.2. The van der Waals surface area contributed by atoms with E-state index >= 15 is 0 Å². The van der Waals surface area contributed by atoms with Crippen LogP contribution in [-0.2, 0) is 44.8 Å². The second-order valence-corrected chi connectivity index (χ2v) is 20.7. The second-order valence-electron chi connectivity index (χ2n) is 20.7. The molecule has 0 spiro atoms. The number of para-hydroxylation sites is 4. The van der Waals surface area contributed by atoms with Gasteiger partial charge in [0.15, 0.2) is 0 Å². The molecule has 6 nitrogen and oxygen atoms in total. The van der Waals surface area contributed by atoms with E-state index < -0.39 is 0 Å². The van der Waals surface area contributed by atoms with Gasteiger partial charge in [0.2, 0.25) is 13.3 Å². The minimum atomic E-state index is -0.0549. The summed E-state index contributed by atoms with van der Waals surface area (Å²) < 4.78 is 0. The Hall–Kier alpha value is -7.52. The molecule has 2 heterocycles. The van der Waals surface area contributed by atoms with Gasteiger partial charge < -0.3 is 29.8 Å². The maximum Gasteiger partial charge on any atom is 0.210 e. The molecule has 2 fully saturated rings. The van der Waals surface area contributed by atoms with Crippen molar-refractivity contribution in [1.29, 1.82) is 0 Å². The standard InChI is InChI=1S/2C36H32N2O.2Ag/c2*1-25-22-26(2)34(27(3)23-25)38-24-37(32-20-12-10-18-30(32)31-19-11-13-21-33(31)39)35(28-14-6-4-7-15-28)36(38)29-16-8-5-9-17-29;;/h2*4-23,35-36,39H,1-3H3;;/t2*35-,36-;;/m00../s1. The Morgan fingerprint density at radius 1 is 0.287 bits per heavy atom. The molecule has 0 bridgehead atoms. The average Bonchev–Trinajstić information content (AvgIpc) is 4.18. The zero-order valence-corrected chi connectivity index (χ0v) is 48.7. The van der Waals surface area contributed by atoms with Gasteiger partial charge in [-0.25, -0.2) is 0 Å². The molecule has 0 saturated carbocycles. The van der Waals surface area contributed by atoms with Crippen molar-refractivity contribution in [3.8, 4) is 33.8 Å². The van der Waals surface area contributed by atoms with Crippen LogP contribution in [0.25, 0.3) is 22.3 Å². The number of rotatable bonds is 10. The van der Waals surface area contributed by atoms with Crippen molar-refractivity contribution in [1.82, 2.24) is 0 Å². The van der Waals surface area contributed by atoms with Crippen LogP contribution >= 0.6 is 0 Å². The summed E-state index contributed by atoms with van der Waals surface area (Å²) >= 11 is 0. The molecule has 10 aromatic rings. The number of aromatic hydroxyl groups is 2. The normalized spacial score (nSPS) is 16.6. The largest absolute Gasteiger partial charge is 0.507 e. The summed E-state index contributed by atoms with van der Waals surface area (Å²) in [4.78, 5) is 9.21. The SMILES string of the molecule is Cc1cc(C)c(N2[C]N(c3ccccc3-c3ccccc3O)[C@@H](c3ccccc3)[C@@H]2c2ccccc2)c(C)c1.Cc1cc(C)c(N2[C]N(c3ccccc3-c3ccccc3O)[C@@H](c3ccccc3)[C@@H]2c2ccccc2)c(C)c1.[Ag].[Ag]. The molecular formula is C72H64Ag2N4O2.